The molecule has 0 aliphatic rings. The molecule has 1 amide bonds. The van der Waals surface area contributed by atoms with Crippen molar-refractivity contribution in [2.24, 2.45) is 0 Å². The smallest absolute Gasteiger partial charge is 0.256 e. The Morgan fingerprint density at radius 3 is 2.45 bits per heavy atom. The first-order valence-corrected chi connectivity index (χ1v) is 11.7. The van der Waals surface area contributed by atoms with Gasteiger partial charge in [-0.05, 0) is 45.9 Å². The van der Waals surface area contributed by atoms with E-state index >= 15 is 0 Å². The minimum atomic E-state index is -0.268. The number of aromatic nitrogens is 3. The zero-order valence-electron chi connectivity index (χ0n) is 19.1. The van der Waals surface area contributed by atoms with Gasteiger partial charge in [-0.15, -0.1) is 11.3 Å². The van der Waals surface area contributed by atoms with E-state index < -0.39 is 0 Å². The minimum Gasteiger partial charge on any atom is -0.490 e. The number of anilines is 1. The van der Waals surface area contributed by atoms with Gasteiger partial charge >= 0.3 is 0 Å². The molecule has 0 saturated heterocycles. The number of thiazole rings is 1. The van der Waals surface area contributed by atoms with Crippen molar-refractivity contribution in [3.63, 3.8) is 0 Å². The van der Waals surface area contributed by atoms with Gasteiger partial charge in [-0.2, -0.15) is 9.78 Å². The summed E-state index contributed by atoms with van der Waals surface area (Å²) >= 11 is 1.47. The molecular weight excluding hydrogens is 436 g/mol. The molecule has 2 aromatic heterocycles. The van der Waals surface area contributed by atoms with Gasteiger partial charge in [0, 0.05) is 22.6 Å². The Morgan fingerprint density at radius 2 is 1.73 bits per heavy atom. The quantitative estimate of drug-likeness (QED) is 0.365. The van der Waals surface area contributed by atoms with Crippen molar-refractivity contribution in [2.45, 2.75) is 27.7 Å². The van der Waals surface area contributed by atoms with Crippen molar-refractivity contribution in [1.29, 1.82) is 0 Å². The second-order valence-electron chi connectivity index (χ2n) is 7.45. The number of ether oxygens (including phenoxy) is 2. The Labute approximate surface area is 197 Å². The van der Waals surface area contributed by atoms with Crippen LogP contribution in [0.4, 0.5) is 5.82 Å². The summed E-state index contributed by atoms with van der Waals surface area (Å²) < 4.78 is 12.9. The second-order valence-corrected chi connectivity index (χ2v) is 8.28. The van der Waals surface area contributed by atoms with E-state index in [4.69, 9.17) is 14.5 Å². The molecule has 0 unspecified atom stereocenters. The van der Waals surface area contributed by atoms with Crippen LogP contribution < -0.4 is 14.8 Å². The Morgan fingerprint density at radius 1 is 1.00 bits per heavy atom. The van der Waals surface area contributed by atoms with Gasteiger partial charge in [-0.1, -0.05) is 29.8 Å². The van der Waals surface area contributed by atoms with Crippen molar-refractivity contribution in [1.82, 2.24) is 14.8 Å². The van der Waals surface area contributed by atoms with Crippen molar-refractivity contribution in [2.75, 3.05) is 18.5 Å². The number of amides is 1. The SMILES string of the molecule is CCOc1ccc(C(=O)Nc2cc(C)nn2-c2nc(-c3ccc(C)cc3)cs2)cc1OCC. The number of rotatable bonds is 8. The summed E-state index contributed by atoms with van der Waals surface area (Å²) in [7, 11) is 0. The van der Waals surface area contributed by atoms with Crippen LogP contribution >= 0.6 is 11.3 Å². The highest BCUT2D eigenvalue weighted by molar-refractivity contribution is 7.12. The normalized spacial score (nSPS) is 10.8. The summed E-state index contributed by atoms with van der Waals surface area (Å²) in [4.78, 5) is 17.8. The largest absolute Gasteiger partial charge is 0.490 e. The van der Waals surface area contributed by atoms with Crippen LogP contribution in [0, 0.1) is 13.8 Å². The van der Waals surface area contributed by atoms with Gasteiger partial charge in [0.1, 0.15) is 5.82 Å². The van der Waals surface area contributed by atoms with Crippen molar-refractivity contribution >= 4 is 23.1 Å². The summed E-state index contributed by atoms with van der Waals surface area (Å²) in [5, 5.41) is 10.2. The molecule has 8 heteroatoms. The number of carbonyl (C=O) groups excluding carboxylic acids is 1. The summed E-state index contributed by atoms with van der Waals surface area (Å²) in [5.41, 5.74) is 4.35. The molecule has 2 heterocycles. The first-order valence-electron chi connectivity index (χ1n) is 10.8. The monoisotopic (exact) mass is 462 g/mol. The number of aryl methyl sites for hydroxylation is 2. The lowest BCUT2D eigenvalue weighted by molar-refractivity contribution is 0.102. The van der Waals surface area contributed by atoms with Gasteiger partial charge in [0.15, 0.2) is 11.5 Å². The fraction of sp³-hybridized carbons (Fsp3) is 0.240. The molecule has 4 aromatic rings. The fourth-order valence-electron chi connectivity index (χ4n) is 3.33. The van der Waals surface area contributed by atoms with Gasteiger partial charge in [-0.3, -0.25) is 4.79 Å². The highest BCUT2D eigenvalue weighted by atomic mass is 32.1. The van der Waals surface area contributed by atoms with Crippen molar-refractivity contribution in [3.05, 3.63) is 70.7 Å². The predicted molar refractivity (Wildman–Crippen MR) is 131 cm³/mol. The highest BCUT2D eigenvalue weighted by Crippen LogP contribution is 2.30. The zero-order chi connectivity index (χ0) is 23.4. The van der Waals surface area contributed by atoms with E-state index in [1.807, 2.05) is 44.4 Å². The van der Waals surface area contributed by atoms with E-state index in [-0.39, 0.29) is 5.91 Å². The average molecular weight is 463 g/mol. The third kappa shape index (κ3) is 5.06. The zero-order valence-corrected chi connectivity index (χ0v) is 19.9. The molecule has 0 radical (unpaired) electrons. The molecule has 0 saturated carbocycles. The first kappa shape index (κ1) is 22.5. The van der Waals surface area contributed by atoms with Crippen molar-refractivity contribution < 1.29 is 14.3 Å². The summed E-state index contributed by atoms with van der Waals surface area (Å²) in [6.45, 7) is 8.72. The molecule has 0 atom stereocenters. The van der Waals surface area contributed by atoms with Crippen LogP contribution in [-0.2, 0) is 0 Å². The van der Waals surface area contributed by atoms with Gasteiger partial charge in [0.25, 0.3) is 5.91 Å². The molecule has 0 aliphatic carbocycles. The van der Waals surface area contributed by atoms with E-state index in [9.17, 15) is 4.79 Å². The number of benzene rings is 2. The second kappa shape index (κ2) is 9.87. The molecule has 170 valence electrons. The van der Waals surface area contributed by atoms with Gasteiger partial charge < -0.3 is 14.8 Å². The van der Waals surface area contributed by atoms with Crippen molar-refractivity contribution in [3.8, 4) is 27.9 Å². The lowest BCUT2D eigenvalue weighted by Gasteiger charge is -2.12. The molecule has 4 rings (SSSR count). The molecule has 2 aromatic carbocycles. The number of hydrogen-bond donors (Lipinski definition) is 1. The minimum absolute atomic E-state index is 0.268. The van der Waals surface area contributed by atoms with E-state index in [2.05, 4.69) is 29.5 Å². The third-order valence-electron chi connectivity index (χ3n) is 4.90. The van der Waals surface area contributed by atoms with Crippen LogP contribution in [0.25, 0.3) is 16.4 Å². The predicted octanol–water partition coefficient (Wildman–Crippen LogP) is 5.66. The van der Waals surface area contributed by atoms with E-state index in [0.717, 1.165) is 17.0 Å². The van der Waals surface area contributed by atoms with Crippen LogP contribution in [0.1, 0.15) is 35.5 Å². The number of nitrogens with one attached hydrogen (secondary N) is 1. The molecule has 0 spiro atoms. The third-order valence-corrected chi connectivity index (χ3v) is 5.72. The van der Waals surface area contributed by atoms with Crippen LogP contribution in [0.3, 0.4) is 0 Å². The molecule has 7 nitrogen and oxygen atoms in total. The molecule has 33 heavy (non-hydrogen) atoms. The number of carbonyl (C=O) groups is 1. The van der Waals surface area contributed by atoms with Crippen LogP contribution in [0.15, 0.2) is 53.9 Å². The van der Waals surface area contributed by atoms with Gasteiger partial charge in [0.2, 0.25) is 5.13 Å². The molecule has 0 fully saturated rings. The number of hydrogen-bond acceptors (Lipinski definition) is 6. The first-order chi connectivity index (χ1) is 16.0. The Balaban J connectivity index is 1.59. The lowest BCUT2D eigenvalue weighted by Crippen LogP contribution is -2.15. The summed E-state index contributed by atoms with van der Waals surface area (Å²) in [6, 6.07) is 15.2. The summed E-state index contributed by atoms with van der Waals surface area (Å²) in [6.07, 6.45) is 0. The van der Waals surface area contributed by atoms with E-state index in [1.54, 1.807) is 22.9 Å². The maximum absolute atomic E-state index is 13.0. The summed E-state index contributed by atoms with van der Waals surface area (Å²) in [5.74, 6) is 1.44. The maximum Gasteiger partial charge on any atom is 0.256 e. The van der Waals surface area contributed by atoms with Crippen LogP contribution in [0.5, 0.6) is 11.5 Å². The number of nitrogens with zero attached hydrogens (tertiary/aromatic N) is 3. The highest BCUT2D eigenvalue weighted by Gasteiger charge is 2.17. The van der Waals surface area contributed by atoms with E-state index in [0.29, 0.717) is 41.2 Å². The van der Waals surface area contributed by atoms with E-state index in [1.165, 1.54) is 16.9 Å². The Bertz CT molecular complexity index is 1260. The fourth-order valence-corrected chi connectivity index (χ4v) is 4.13. The van der Waals surface area contributed by atoms with Gasteiger partial charge in [0.05, 0.1) is 24.6 Å². The van der Waals surface area contributed by atoms with Crippen LogP contribution in [0.2, 0.25) is 0 Å². The molecule has 0 aliphatic heterocycles. The molecule has 0 bridgehead atoms. The topological polar surface area (TPSA) is 78.3 Å². The Hall–Kier alpha value is -3.65. The average Bonchev–Trinajstić information content (AvgIpc) is 3.42. The standard InChI is InChI=1S/C25H26N4O3S/c1-5-31-21-12-11-19(14-22(21)32-6-2)24(30)27-23-13-17(4)28-29(23)25-26-20(15-33-25)18-9-7-16(3)8-10-18/h7-15H,5-6H2,1-4H3,(H,27,30). The maximum atomic E-state index is 13.0. The molecule has 1 N–H and O–H groups in total. The Kier molecular flexibility index (Phi) is 6.74. The van der Waals surface area contributed by atoms with Crippen LogP contribution in [-0.4, -0.2) is 33.9 Å². The lowest BCUT2D eigenvalue weighted by atomic mass is 10.1. The molecular formula is C25H26N4O3S. The van der Waals surface area contributed by atoms with Gasteiger partial charge in [-0.25, -0.2) is 4.98 Å².